The monoisotopic (exact) mass is 393 g/mol. The lowest BCUT2D eigenvalue weighted by atomic mass is 10.0. The topological polar surface area (TPSA) is 51.7 Å². The molecule has 6 nitrogen and oxygen atoms in total. The van der Waals surface area contributed by atoms with Gasteiger partial charge in [0.25, 0.3) is 0 Å². The molecule has 2 aliphatic heterocycles. The van der Waals surface area contributed by atoms with E-state index in [-0.39, 0.29) is 12.1 Å². The van der Waals surface area contributed by atoms with Gasteiger partial charge in [-0.25, -0.2) is 9.78 Å². The van der Waals surface area contributed by atoms with E-state index in [4.69, 9.17) is 0 Å². The van der Waals surface area contributed by atoms with Crippen molar-refractivity contribution in [2.24, 2.45) is 5.92 Å². The fourth-order valence-corrected chi connectivity index (χ4v) is 4.34. The first-order chi connectivity index (χ1) is 14.2. The average molecular weight is 394 g/mol. The molecule has 2 saturated heterocycles. The highest BCUT2D eigenvalue weighted by Crippen LogP contribution is 2.22. The Labute approximate surface area is 173 Å². The van der Waals surface area contributed by atoms with E-state index in [1.165, 1.54) is 5.56 Å². The standard InChI is InChI=1S/C23H31N5O/c1-19(21-10-12-26(18-21)17-20-7-3-2-4-8-20)25-23(29)28-15-13-27(14-16-28)22-9-5-6-11-24-22/h2-9,11,19,21H,10,12-18H2,1H3,(H,25,29). The quantitative estimate of drug-likeness (QED) is 0.849. The Morgan fingerprint density at radius 1 is 1.07 bits per heavy atom. The molecule has 0 bridgehead atoms. The zero-order valence-corrected chi connectivity index (χ0v) is 17.2. The van der Waals surface area contributed by atoms with E-state index in [1.807, 2.05) is 29.3 Å². The number of hydrogen-bond acceptors (Lipinski definition) is 4. The number of benzene rings is 1. The molecule has 0 spiro atoms. The maximum atomic E-state index is 12.7. The minimum absolute atomic E-state index is 0.0691. The summed E-state index contributed by atoms with van der Waals surface area (Å²) in [5.74, 6) is 1.50. The van der Waals surface area contributed by atoms with Gasteiger partial charge in [0.2, 0.25) is 0 Å². The molecule has 2 atom stereocenters. The van der Waals surface area contributed by atoms with Gasteiger partial charge in [0.05, 0.1) is 0 Å². The number of anilines is 1. The first kappa shape index (κ1) is 19.7. The number of nitrogens with zero attached hydrogens (tertiary/aromatic N) is 4. The van der Waals surface area contributed by atoms with Gasteiger partial charge in [-0.2, -0.15) is 0 Å². The highest BCUT2D eigenvalue weighted by molar-refractivity contribution is 5.74. The molecule has 2 fully saturated rings. The number of carbonyl (C=O) groups excluding carboxylic acids is 1. The Morgan fingerprint density at radius 2 is 1.83 bits per heavy atom. The Kier molecular flexibility index (Phi) is 6.30. The number of rotatable bonds is 5. The first-order valence-corrected chi connectivity index (χ1v) is 10.7. The van der Waals surface area contributed by atoms with Gasteiger partial charge in [-0.15, -0.1) is 0 Å². The van der Waals surface area contributed by atoms with Crippen LogP contribution in [0.4, 0.5) is 10.6 Å². The summed E-state index contributed by atoms with van der Waals surface area (Å²) in [6, 6.07) is 16.8. The molecule has 2 aromatic rings. The highest BCUT2D eigenvalue weighted by Gasteiger charge is 2.29. The van der Waals surface area contributed by atoms with E-state index >= 15 is 0 Å². The van der Waals surface area contributed by atoms with Crippen LogP contribution < -0.4 is 10.2 Å². The summed E-state index contributed by atoms with van der Waals surface area (Å²) in [6.07, 6.45) is 2.96. The number of piperazine rings is 1. The number of amides is 2. The van der Waals surface area contributed by atoms with Crippen LogP contribution in [0.1, 0.15) is 18.9 Å². The van der Waals surface area contributed by atoms with Crippen LogP contribution in [-0.4, -0.2) is 66.1 Å². The Hall–Kier alpha value is -2.60. The predicted molar refractivity (Wildman–Crippen MR) is 116 cm³/mol. The molecular formula is C23H31N5O. The zero-order valence-electron chi connectivity index (χ0n) is 17.2. The molecular weight excluding hydrogens is 362 g/mol. The maximum Gasteiger partial charge on any atom is 0.317 e. The van der Waals surface area contributed by atoms with Gasteiger partial charge in [0, 0.05) is 51.5 Å². The van der Waals surface area contributed by atoms with Crippen LogP contribution >= 0.6 is 0 Å². The largest absolute Gasteiger partial charge is 0.353 e. The molecule has 0 radical (unpaired) electrons. The van der Waals surface area contributed by atoms with Gasteiger partial charge in [0.1, 0.15) is 5.82 Å². The maximum absolute atomic E-state index is 12.7. The normalized spacial score (nSPS) is 21.2. The molecule has 0 aliphatic carbocycles. The van der Waals surface area contributed by atoms with Gasteiger partial charge < -0.3 is 15.1 Å². The minimum Gasteiger partial charge on any atom is -0.353 e. The van der Waals surface area contributed by atoms with Gasteiger partial charge in [-0.3, -0.25) is 4.90 Å². The van der Waals surface area contributed by atoms with Crippen LogP contribution in [0.25, 0.3) is 0 Å². The molecule has 1 aromatic carbocycles. The second-order valence-corrected chi connectivity index (χ2v) is 8.17. The summed E-state index contributed by atoms with van der Waals surface area (Å²) in [4.78, 5) is 23.8. The lowest BCUT2D eigenvalue weighted by Gasteiger charge is -2.36. The Bertz CT molecular complexity index is 776. The average Bonchev–Trinajstić information content (AvgIpc) is 3.24. The molecule has 3 heterocycles. The lowest BCUT2D eigenvalue weighted by Crippen LogP contribution is -2.54. The number of hydrogen-bond donors (Lipinski definition) is 1. The smallest absolute Gasteiger partial charge is 0.317 e. The number of aromatic nitrogens is 1. The van der Waals surface area contributed by atoms with Gasteiger partial charge in [0.15, 0.2) is 0 Å². The molecule has 1 N–H and O–H groups in total. The van der Waals surface area contributed by atoms with Crippen LogP contribution in [0.15, 0.2) is 54.7 Å². The second kappa shape index (κ2) is 9.27. The SMILES string of the molecule is CC(NC(=O)N1CCN(c2ccccn2)CC1)C1CCN(Cc2ccccc2)C1. The van der Waals surface area contributed by atoms with Crippen molar-refractivity contribution in [1.29, 1.82) is 0 Å². The van der Waals surface area contributed by atoms with E-state index in [0.717, 1.165) is 58.1 Å². The summed E-state index contributed by atoms with van der Waals surface area (Å²) >= 11 is 0. The summed E-state index contributed by atoms with van der Waals surface area (Å²) in [6.45, 7) is 8.42. The molecule has 0 saturated carbocycles. The van der Waals surface area contributed by atoms with Gasteiger partial charge in [-0.05, 0) is 43.5 Å². The van der Waals surface area contributed by atoms with Crippen molar-refractivity contribution in [3.63, 3.8) is 0 Å². The fourth-order valence-electron chi connectivity index (χ4n) is 4.34. The molecule has 4 rings (SSSR count). The summed E-state index contributed by atoms with van der Waals surface area (Å²) in [5.41, 5.74) is 1.36. The number of nitrogens with one attached hydrogen (secondary N) is 1. The molecule has 2 aliphatic rings. The Balaban J connectivity index is 1.22. The van der Waals surface area contributed by atoms with Crippen molar-refractivity contribution in [1.82, 2.24) is 20.1 Å². The number of urea groups is 1. The van der Waals surface area contributed by atoms with Gasteiger partial charge in [-0.1, -0.05) is 36.4 Å². The summed E-state index contributed by atoms with van der Waals surface area (Å²) in [7, 11) is 0. The van der Waals surface area contributed by atoms with Crippen LogP contribution in [0.2, 0.25) is 0 Å². The lowest BCUT2D eigenvalue weighted by molar-refractivity contribution is 0.186. The van der Waals surface area contributed by atoms with E-state index in [9.17, 15) is 4.79 Å². The molecule has 2 amide bonds. The van der Waals surface area contributed by atoms with E-state index in [1.54, 1.807) is 0 Å². The van der Waals surface area contributed by atoms with Crippen molar-refractivity contribution in [3.05, 3.63) is 60.3 Å². The third-order valence-electron chi connectivity index (χ3n) is 6.16. The van der Waals surface area contributed by atoms with E-state index in [0.29, 0.717) is 5.92 Å². The summed E-state index contributed by atoms with van der Waals surface area (Å²) in [5, 5.41) is 3.26. The van der Waals surface area contributed by atoms with Crippen LogP contribution in [0.5, 0.6) is 0 Å². The third-order valence-corrected chi connectivity index (χ3v) is 6.16. The van der Waals surface area contributed by atoms with Gasteiger partial charge >= 0.3 is 6.03 Å². The second-order valence-electron chi connectivity index (χ2n) is 8.17. The number of pyridine rings is 1. The first-order valence-electron chi connectivity index (χ1n) is 10.7. The number of carbonyl (C=O) groups is 1. The van der Waals surface area contributed by atoms with Crippen LogP contribution in [-0.2, 0) is 6.54 Å². The van der Waals surface area contributed by atoms with Crippen molar-refractivity contribution < 1.29 is 4.79 Å². The summed E-state index contributed by atoms with van der Waals surface area (Å²) < 4.78 is 0. The molecule has 6 heteroatoms. The molecule has 2 unspecified atom stereocenters. The van der Waals surface area contributed by atoms with Crippen LogP contribution in [0, 0.1) is 5.92 Å². The predicted octanol–water partition coefficient (Wildman–Crippen LogP) is 2.82. The van der Waals surface area contributed by atoms with E-state index < -0.39 is 0 Å². The highest BCUT2D eigenvalue weighted by atomic mass is 16.2. The van der Waals surface area contributed by atoms with Crippen molar-refractivity contribution >= 4 is 11.8 Å². The Morgan fingerprint density at radius 3 is 2.55 bits per heavy atom. The van der Waals surface area contributed by atoms with Crippen molar-refractivity contribution in [2.75, 3.05) is 44.2 Å². The third kappa shape index (κ3) is 5.07. The minimum atomic E-state index is 0.0691. The molecule has 29 heavy (non-hydrogen) atoms. The van der Waals surface area contributed by atoms with E-state index in [2.05, 4.69) is 57.4 Å². The number of likely N-dealkylation sites (tertiary alicyclic amines) is 1. The zero-order chi connectivity index (χ0) is 20.1. The van der Waals surface area contributed by atoms with Crippen molar-refractivity contribution in [3.8, 4) is 0 Å². The molecule has 1 aromatic heterocycles. The van der Waals surface area contributed by atoms with Crippen molar-refractivity contribution in [2.45, 2.75) is 25.9 Å². The molecule has 154 valence electrons. The fraction of sp³-hybridized carbons (Fsp3) is 0.478. The van der Waals surface area contributed by atoms with Crippen LogP contribution in [0.3, 0.4) is 0 Å².